The predicted octanol–water partition coefficient (Wildman–Crippen LogP) is 1.84. The van der Waals surface area contributed by atoms with Crippen molar-refractivity contribution in [2.24, 2.45) is 0 Å². The highest BCUT2D eigenvalue weighted by molar-refractivity contribution is 5.51. The third kappa shape index (κ3) is 2.26. The monoisotopic (exact) mass is 282 g/mol. The first-order valence-electron chi connectivity index (χ1n) is 6.88. The van der Waals surface area contributed by atoms with E-state index in [9.17, 15) is 0 Å². The highest BCUT2D eigenvalue weighted by atomic mass is 16.4. The number of benzene rings is 1. The minimum atomic E-state index is 0.399. The molecule has 106 valence electrons. The first-order chi connectivity index (χ1) is 10.3. The van der Waals surface area contributed by atoms with Crippen molar-refractivity contribution in [1.82, 2.24) is 25.2 Å². The van der Waals surface area contributed by atoms with E-state index >= 15 is 0 Å². The number of nitrogens with zero attached hydrogens (tertiary/aromatic N) is 5. The quantitative estimate of drug-likeness (QED) is 0.784. The maximum atomic E-state index is 5.87. The molecule has 1 aliphatic carbocycles. The first kappa shape index (κ1) is 12.1. The Hall–Kier alpha value is -2.70. The second-order valence-corrected chi connectivity index (χ2v) is 5.16. The van der Waals surface area contributed by atoms with Crippen LogP contribution in [0.25, 0.3) is 11.5 Å². The van der Waals surface area contributed by atoms with Crippen molar-refractivity contribution < 1.29 is 4.42 Å². The third-order valence-corrected chi connectivity index (χ3v) is 3.54. The summed E-state index contributed by atoms with van der Waals surface area (Å²) in [4.78, 5) is 0. The predicted molar refractivity (Wildman–Crippen MR) is 75.2 cm³/mol. The number of nitrogen functional groups attached to an aromatic ring is 1. The van der Waals surface area contributed by atoms with Gasteiger partial charge in [0.1, 0.15) is 6.54 Å². The van der Waals surface area contributed by atoms with Crippen LogP contribution in [0.15, 0.2) is 34.7 Å². The fourth-order valence-corrected chi connectivity index (χ4v) is 2.37. The molecule has 0 radical (unpaired) electrons. The maximum absolute atomic E-state index is 5.87. The number of aromatic nitrogens is 5. The van der Waals surface area contributed by atoms with E-state index in [0.717, 1.165) is 24.1 Å². The van der Waals surface area contributed by atoms with Crippen LogP contribution >= 0.6 is 0 Å². The van der Waals surface area contributed by atoms with Crippen LogP contribution < -0.4 is 5.73 Å². The van der Waals surface area contributed by atoms with Crippen LogP contribution in [0.3, 0.4) is 0 Å². The smallest absolute Gasteiger partial charge is 0.247 e. The fourth-order valence-electron chi connectivity index (χ4n) is 2.37. The SMILES string of the molecule is Nc1nnn(Cc2nnc(-c3ccccc3)o2)c1C1CC1. The Kier molecular flexibility index (Phi) is 2.70. The van der Waals surface area contributed by atoms with Crippen LogP contribution in [-0.2, 0) is 6.54 Å². The molecule has 0 bridgehead atoms. The van der Waals surface area contributed by atoms with Crippen LogP contribution in [0, 0.1) is 0 Å². The number of anilines is 1. The minimum absolute atomic E-state index is 0.399. The van der Waals surface area contributed by atoms with E-state index in [1.54, 1.807) is 4.68 Å². The maximum Gasteiger partial charge on any atom is 0.247 e. The number of hydrogen-bond donors (Lipinski definition) is 1. The van der Waals surface area contributed by atoms with Gasteiger partial charge >= 0.3 is 0 Å². The molecular weight excluding hydrogens is 268 g/mol. The highest BCUT2D eigenvalue weighted by Gasteiger charge is 2.31. The molecule has 4 rings (SSSR count). The van der Waals surface area contributed by atoms with E-state index in [1.165, 1.54) is 0 Å². The van der Waals surface area contributed by atoms with Crippen molar-refractivity contribution in [2.45, 2.75) is 25.3 Å². The van der Waals surface area contributed by atoms with Gasteiger partial charge in [-0.15, -0.1) is 15.3 Å². The zero-order valence-corrected chi connectivity index (χ0v) is 11.3. The van der Waals surface area contributed by atoms with Gasteiger partial charge in [0.05, 0.1) is 5.69 Å². The lowest BCUT2D eigenvalue weighted by molar-refractivity contribution is 0.463. The minimum Gasteiger partial charge on any atom is -0.419 e. The molecule has 2 aromatic heterocycles. The van der Waals surface area contributed by atoms with Gasteiger partial charge in [-0.05, 0) is 25.0 Å². The molecule has 7 heteroatoms. The summed E-state index contributed by atoms with van der Waals surface area (Å²) in [5, 5.41) is 16.1. The van der Waals surface area contributed by atoms with Gasteiger partial charge in [-0.3, -0.25) is 0 Å². The van der Waals surface area contributed by atoms with Crippen LogP contribution in [-0.4, -0.2) is 25.2 Å². The van der Waals surface area contributed by atoms with Crippen molar-refractivity contribution >= 4 is 5.82 Å². The second kappa shape index (κ2) is 4.69. The van der Waals surface area contributed by atoms with Gasteiger partial charge in [0.15, 0.2) is 5.82 Å². The Bertz CT molecular complexity index is 759. The molecule has 0 spiro atoms. The third-order valence-electron chi connectivity index (χ3n) is 3.54. The molecule has 1 aliphatic rings. The van der Waals surface area contributed by atoms with Gasteiger partial charge < -0.3 is 10.2 Å². The molecule has 3 aromatic rings. The Labute approximate surface area is 120 Å². The van der Waals surface area contributed by atoms with Crippen LogP contribution in [0.1, 0.15) is 30.3 Å². The molecule has 0 saturated heterocycles. The van der Waals surface area contributed by atoms with E-state index in [4.69, 9.17) is 10.2 Å². The molecule has 0 aliphatic heterocycles. The van der Waals surface area contributed by atoms with Gasteiger partial charge in [0, 0.05) is 11.5 Å². The Balaban J connectivity index is 1.60. The average Bonchev–Trinajstić information content (AvgIpc) is 3.12. The summed E-state index contributed by atoms with van der Waals surface area (Å²) in [7, 11) is 0. The first-order valence-corrected chi connectivity index (χ1v) is 6.88. The Morgan fingerprint density at radius 3 is 2.71 bits per heavy atom. The normalized spacial score (nSPS) is 14.5. The topological polar surface area (TPSA) is 95.7 Å². The Morgan fingerprint density at radius 2 is 1.95 bits per heavy atom. The average molecular weight is 282 g/mol. The van der Waals surface area contributed by atoms with Crippen LogP contribution in [0.5, 0.6) is 0 Å². The standard InChI is InChI=1S/C14H14N6O/c15-13-12(9-6-7-9)20(19-17-13)8-11-16-18-14(21-11)10-4-2-1-3-5-10/h1-5,9H,6-8,15H2. The number of nitrogens with two attached hydrogens (primary N) is 1. The van der Waals surface area contributed by atoms with Gasteiger partial charge in [-0.2, -0.15) is 0 Å². The van der Waals surface area contributed by atoms with Crippen LogP contribution in [0.2, 0.25) is 0 Å². The van der Waals surface area contributed by atoms with E-state index in [1.807, 2.05) is 30.3 Å². The molecule has 1 saturated carbocycles. The van der Waals surface area contributed by atoms with E-state index in [0.29, 0.717) is 30.1 Å². The molecule has 2 N–H and O–H groups in total. The largest absolute Gasteiger partial charge is 0.419 e. The van der Waals surface area contributed by atoms with E-state index in [2.05, 4.69) is 20.5 Å². The summed E-state index contributed by atoms with van der Waals surface area (Å²) < 4.78 is 7.45. The molecule has 0 unspecified atom stereocenters. The van der Waals surface area contributed by atoms with Gasteiger partial charge in [0.25, 0.3) is 0 Å². The van der Waals surface area contributed by atoms with Gasteiger partial charge in [-0.25, -0.2) is 4.68 Å². The molecule has 1 fully saturated rings. The second-order valence-electron chi connectivity index (χ2n) is 5.16. The summed E-state index contributed by atoms with van der Waals surface area (Å²) in [6.45, 7) is 0.399. The molecule has 7 nitrogen and oxygen atoms in total. The molecule has 2 heterocycles. The van der Waals surface area contributed by atoms with Crippen LogP contribution in [0.4, 0.5) is 5.82 Å². The molecular formula is C14H14N6O. The zero-order chi connectivity index (χ0) is 14.2. The summed E-state index contributed by atoms with van der Waals surface area (Å²) >= 11 is 0. The molecule has 1 aromatic carbocycles. The Morgan fingerprint density at radius 1 is 1.14 bits per heavy atom. The summed E-state index contributed by atoms with van der Waals surface area (Å²) in [5.41, 5.74) is 7.75. The zero-order valence-electron chi connectivity index (χ0n) is 11.3. The van der Waals surface area contributed by atoms with Crippen molar-refractivity contribution in [3.05, 3.63) is 41.9 Å². The summed E-state index contributed by atoms with van der Waals surface area (Å²) in [6.07, 6.45) is 2.27. The van der Waals surface area contributed by atoms with Crippen molar-refractivity contribution in [2.75, 3.05) is 5.73 Å². The molecule has 0 atom stereocenters. The molecule has 0 amide bonds. The van der Waals surface area contributed by atoms with Crippen molar-refractivity contribution in [3.63, 3.8) is 0 Å². The van der Waals surface area contributed by atoms with Gasteiger partial charge in [-0.1, -0.05) is 23.4 Å². The highest BCUT2D eigenvalue weighted by Crippen LogP contribution is 2.42. The van der Waals surface area contributed by atoms with Crippen molar-refractivity contribution in [1.29, 1.82) is 0 Å². The molecule has 21 heavy (non-hydrogen) atoms. The summed E-state index contributed by atoms with van der Waals surface area (Å²) in [6, 6.07) is 9.67. The lowest BCUT2D eigenvalue weighted by atomic mass is 10.2. The van der Waals surface area contributed by atoms with Crippen molar-refractivity contribution in [3.8, 4) is 11.5 Å². The number of rotatable bonds is 4. The lowest BCUT2D eigenvalue weighted by Crippen LogP contribution is -2.07. The fraction of sp³-hybridized carbons (Fsp3) is 0.286. The van der Waals surface area contributed by atoms with E-state index < -0.39 is 0 Å². The summed E-state index contributed by atoms with van der Waals surface area (Å²) in [5.74, 6) is 1.98. The lowest BCUT2D eigenvalue weighted by Gasteiger charge is -2.02. The van der Waals surface area contributed by atoms with Gasteiger partial charge in [0.2, 0.25) is 11.8 Å². The van der Waals surface area contributed by atoms with E-state index in [-0.39, 0.29) is 0 Å². The number of hydrogen-bond acceptors (Lipinski definition) is 6.